The number of hydrogen-bond acceptors (Lipinski definition) is 2. The molecule has 0 aliphatic heterocycles. The first kappa shape index (κ1) is 15.4. The minimum Gasteiger partial charge on any atom is -0.481 e. The first-order valence-corrected chi connectivity index (χ1v) is 7.22. The third kappa shape index (κ3) is 3.74. The van der Waals surface area contributed by atoms with E-state index in [2.05, 4.69) is 10.6 Å². The summed E-state index contributed by atoms with van der Waals surface area (Å²) in [5.74, 6) is -0.270. The van der Waals surface area contributed by atoms with Gasteiger partial charge in [-0.25, -0.2) is 4.79 Å². The number of carboxylic acid groups (broad SMARTS) is 1. The molecule has 1 atom stereocenters. The average Bonchev–Trinajstić information content (AvgIpc) is 3.23. The molecule has 1 aromatic rings. The molecule has 21 heavy (non-hydrogen) atoms. The topological polar surface area (TPSA) is 78.4 Å². The zero-order valence-electron chi connectivity index (χ0n) is 12.6. The minimum absolute atomic E-state index is 0.190. The number of carbonyl (C=O) groups excluding carboxylic acids is 1. The van der Waals surface area contributed by atoms with Crippen molar-refractivity contribution in [2.24, 2.45) is 5.92 Å². The fourth-order valence-electron chi connectivity index (χ4n) is 2.18. The highest BCUT2D eigenvalue weighted by Gasteiger charge is 2.30. The van der Waals surface area contributed by atoms with E-state index in [9.17, 15) is 14.7 Å². The lowest BCUT2D eigenvalue weighted by molar-refractivity contribution is -0.142. The lowest BCUT2D eigenvalue weighted by atomic mass is 9.85. The van der Waals surface area contributed by atoms with Crippen molar-refractivity contribution in [3.63, 3.8) is 0 Å². The van der Waals surface area contributed by atoms with Crippen molar-refractivity contribution in [2.75, 3.05) is 5.32 Å². The highest BCUT2D eigenvalue weighted by molar-refractivity contribution is 5.89. The number of carbonyl (C=O) groups is 2. The second-order valence-corrected chi connectivity index (χ2v) is 6.23. The third-order valence-corrected chi connectivity index (χ3v) is 4.09. The molecule has 0 radical (unpaired) electrons. The summed E-state index contributed by atoms with van der Waals surface area (Å²) in [5.41, 5.74) is 0.411. The molecule has 0 heterocycles. The molecular formula is C16H22N2O3. The molecule has 3 N–H and O–H groups in total. The first-order valence-electron chi connectivity index (χ1n) is 7.22. The van der Waals surface area contributed by atoms with E-state index < -0.39 is 11.4 Å². The van der Waals surface area contributed by atoms with E-state index in [4.69, 9.17) is 0 Å². The Morgan fingerprint density at radius 2 is 1.81 bits per heavy atom. The number of benzene rings is 1. The zero-order valence-corrected chi connectivity index (χ0v) is 12.6. The molecule has 1 aromatic carbocycles. The summed E-state index contributed by atoms with van der Waals surface area (Å²) in [5, 5.41) is 14.9. The summed E-state index contributed by atoms with van der Waals surface area (Å²) in [6, 6.07) is 6.88. The van der Waals surface area contributed by atoms with E-state index in [1.54, 1.807) is 38.1 Å². The minimum atomic E-state index is -0.943. The van der Waals surface area contributed by atoms with Crippen LogP contribution < -0.4 is 10.6 Å². The predicted octanol–water partition coefficient (Wildman–Crippen LogP) is 2.97. The second-order valence-electron chi connectivity index (χ2n) is 6.23. The number of nitrogens with one attached hydrogen (secondary N) is 2. The van der Waals surface area contributed by atoms with Crippen LogP contribution in [0.15, 0.2) is 24.3 Å². The fourth-order valence-corrected chi connectivity index (χ4v) is 2.18. The summed E-state index contributed by atoms with van der Waals surface area (Å²) in [7, 11) is 0. The van der Waals surface area contributed by atoms with Crippen LogP contribution in [0.1, 0.15) is 39.2 Å². The van der Waals surface area contributed by atoms with Gasteiger partial charge in [0.1, 0.15) is 0 Å². The molecule has 2 rings (SSSR count). The van der Waals surface area contributed by atoms with Gasteiger partial charge in [-0.15, -0.1) is 0 Å². The quantitative estimate of drug-likeness (QED) is 0.780. The maximum atomic E-state index is 11.8. The van der Waals surface area contributed by atoms with E-state index in [1.807, 2.05) is 6.92 Å². The van der Waals surface area contributed by atoms with Gasteiger partial charge < -0.3 is 15.7 Å². The van der Waals surface area contributed by atoms with Crippen molar-refractivity contribution in [2.45, 2.75) is 45.1 Å². The van der Waals surface area contributed by atoms with Gasteiger partial charge in [0, 0.05) is 11.7 Å². The molecule has 0 saturated heterocycles. The Balaban J connectivity index is 1.95. The molecule has 0 bridgehead atoms. The van der Waals surface area contributed by atoms with Crippen LogP contribution in [-0.4, -0.2) is 23.1 Å². The molecule has 0 spiro atoms. The van der Waals surface area contributed by atoms with Crippen molar-refractivity contribution in [3.05, 3.63) is 29.8 Å². The van der Waals surface area contributed by atoms with Crippen LogP contribution in [0, 0.1) is 5.92 Å². The van der Waals surface area contributed by atoms with Crippen LogP contribution in [0.4, 0.5) is 10.5 Å². The third-order valence-electron chi connectivity index (χ3n) is 4.09. The molecule has 5 nitrogen and oxygen atoms in total. The lowest BCUT2D eigenvalue weighted by Gasteiger charge is -2.20. The number of carboxylic acids is 1. The van der Waals surface area contributed by atoms with Gasteiger partial charge in [0.2, 0.25) is 0 Å². The molecule has 114 valence electrons. The van der Waals surface area contributed by atoms with E-state index in [1.165, 1.54) is 12.8 Å². The Bertz CT molecular complexity index is 533. The van der Waals surface area contributed by atoms with Gasteiger partial charge in [-0.05, 0) is 57.2 Å². The van der Waals surface area contributed by atoms with Crippen LogP contribution >= 0.6 is 0 Å². The fraction of sp³-hybridized carbons (Fsp3) is 0.500. The normalized spacial score (nSPS) is 16.1. The zero-order chi connectivity index (χ0) is 15.6. The van der Waals surface area contributed by atoms with E-state index in [0.717, 1.165) is 0 Å². The average molecular weight is 290 g/mol. The van der Waals surface area contributed by atoms with Crippen molar-refractivity contribution < 1.29 is 14.7 Å². The monoisotopic (exact) mass is 290 g/mol. The van der Waals surface area contributed by atoms with Crippen LogP contribution in [0.3, 0.4) is 0 Å². The van der Waals surface area contributed by atoms with Gasteiger partial charge in [0.15, 0.2) is 0 Å². The van der Waals surface area contributed by atoms with Gasteiger partial charge >= 0.3 is 12.0 Å². The molecule has 2 amide bonds. The summed E-state index contributed by atoms with van der Waals surface area (Å²) < 4.78 is 0. The van der Waals surface area contributed by atoms with Crippen molar-refractivity contribution in [1.29, 1.82) is 0 Å². The standard InChI is InChI=1S/C16H22N2O3/c1-10(11-4-5-11)17-15(21)18-13-8-6-12(7-9-13)16(2,3)14(19)20/h6-11H,4-5H2,1-3H3,(H,19,20)(H2,17,18,21). The van der Waals surface area contributed by atoms with Crippen LogP contribution in [-0.2, 0) is 10.2 Å². The number of amides is 2. The Morgan fingerprint density at radius 3 is 2.29 bits per heavy atom. The largest absolute Gasteiger partial charge is 0.481 e. The van der Waals surface area contributed by atoms with Crippen molar-refractivity contribution in [3.8, 4) is 0 Å². The molecule has 1 fully saturated rings. The van der Waals surface area contributed by atoms with Crippen molar-refractivity contribution >= 4 is 17.7 Å². The maximum Gasteiger partial charge on any atom is 0.319 e. The van der Waals surface area contributed by atoms with Crippen LogP contribution in [0.25, 0.3) is 0 Å². The summed E-state index contributed by atoms with van der Waals surface area (Å²) in [4.78, 5) is 23.0. The first-order chi connectivity index (χ1) is 9.80. The molecule has 0 aromatic heterocycles. The van der Waals surface area contributed by atoms with Crippen molar-refractivity contribution in [1.82, 2.24) is 5.32 Å². The second kappa shape index (κ2) is 5.76. The number of aliphatic carboxylic acids is 1. The van der Waals surface area contributed by atoms with Gasteiger partial charge in [0.25, 0.3) is 0 Å². The van der Waals surface area contributed by atoms with Gasteiger partial charge in [-0.3, -0.25) is 4.79 Å². The van der Waals surface area contributed by atoms with Gasteiger partial charge in [-0.1, -0.05) is 12.1 Å². The maximum absolute atomic E-state index is 11.8. The van der Waals surface area contributed by atoms with Gasteiger partial charge in [-0.2, -0.15) is 0 Å². The Kier molecular flexibility index (Phi) is 4.21. The summed E-state index contributed by atoms with van der Waals surface area (Å²) >= 11 is 0. The number of hydrogen-bond donors (Lipinski definition) is 3. The van der Waals surface area contributed by atoms with E-state index >= 15 is 0 Å². The molecule has 5 heteroatoms. The molecule has 1 aliphatic carbocycles. The van der Waals surface area contributed by atoms with Gasteiger partial charge in [0.05, 0.1) is 5.41 Å². The highest BCUT2D eigenvalue weighted by Crippen LogP contribution is 2.32. The highest BCUT2D eigenvalue weighted by atomic mass is 16.4. The SMILES string of the molecule is CC(NC(=O)Nc1ccc(C(C)(C)C(=O)O)cc1)C1CC1. The Morgan fingerprint density at radius 1 is 1.24 bits per heavy atom. The molecular weight excluding hydrogens is 268 g/mol. The number of urea groups is 1. The van der Waals surface area contributed by atoms with E-state index in [0.29, 0.717) is 17.2 Å². The molecule has 1 saturated carbocycles. The Hall–Kier alpha value is -2.04. The summed E-state index contributed by atoms with van der Waals surface area (Å²) in [6.07, 6.45) is 2.36. The number of anilines is 1. The lowest BCUT2D eigenvalue weighted by Crippen LogP contribution is -2.37. The molecule has 1 unspecified atom stereocenters. The Labute approximate surface area is 124 Å². The molecule has 1 aliphatic rings. The summed E-state index contributed by atoms with van der Waals surface area (Å²) in [6.45, 7) is 5.32. The predicted molar refractivity (Wildman–Crippen MR) is 81.4 cm³/mol. The number of rotatable bonds is 5. The van der Waals surface area contributed by atoms with Crippen LogP contribution in [0.5, 0.6) is 0 Å². The van der Waals surface area contributed by atoms with Crippen LogP contribution in [0.2, 0.25) is 0 Å². The smallest absolute Gasteiger partial charge is 0.319 e. The van der Waals surface area contributed by atoms with E-state index in [-0.39, 0.29) is 12.1 Å².